The molecule has 2 aromatic carbocycles. The number of aliphatic carboxylic acids is 1. The normalized spacial score (nSPS) is 15.5. The van der Waals surface area contributed by atoms with Gasteiger partial charge >= 0.3 is 5.97 Å². The smallest absolute Gasteiger partial charge is 0.357 e. The second-order valence-corrected chi connectivity index (χ2v) is 5.94. The number of nitrogens with one attached hydrogen (secondary N) is 1. The minimum Gasteiger partial charge on any atom is -0.476 e. The van der Waals surface area contributed by atoms with Crippen LogP contribution in [0.15, 0.2) is 65.9 Å². The monoisotopic (exact) mass is 369 g/mol. The number of halogens is 1. The van der Waals surface area contributed by atoms with Crippen LogP contribution in [0.2, 0.25) is 0 Å². The van der Waals surface area contributed by atoms with Crippen LogP contribution in [0.3, 0.4) is 0 Å². The number of carboxylic acid groups (broad SMARTS) is 1. The molecule has 1 aliphatic rings. The average Bonchev–Trinajstić information content (AvgIpc) is 2.70. The van der Waals surface area contributed by atoms with Crippen molar-refractivity contribution in [1.82, 2.24) is 4.90 Å². The molecule has 2 N–H and O–H groups in total. The van der Waals surface area contributed by atoms with Gasteiger partial charge in [-0.3, -0.25) is 5.43 Å². The number of hydrogen-bond donors (Lipinski definition) is 2. The standard InChI is InChI=1S/C20H20FN3O3/c21-16-6-8-17(9-7-16)22-23-19(20(25)26)18(15-4-2-1-3-5-15)14-24-10-12-27-13-11-24/h1-9,14,22H,10-13H2,(H,25,26). The maximum Gasteiger partial charge on any atom is 0.357 e. The van der Waals surface area contributed by atoms with E-state index in [1.807, 2.05) is 35.2 Å². The van der Waals surface area contributed by atoms with Crippen molar-refractivity contribution in [2.45, 2.75) is 0 Å². The van der Waals surface area contributed by atoms with Gasteiger partial charge in [0.05, 0.1) is 18.9 Å². The molecule has 7 heteroatoms. The molecule has 1 saturated heterocycles. The highest BCUT2D eigenvalue weighted by molar-refractivity contribution is 6.53. The largest absolute Gasteiger partial charge is 0.476 e. The Morgan fingerprint density at radius 1 is 1.11 bits per heavy atom. The molecule has 0 saturated carbocycles. The lowest BCUT2D eigenvalue weighted by atomic mass is 10.0. The maximum absolute atomic E-state index is 13.0. The van der Waals surface area contributed by atoms with Crippen LogP contribution in [0.1, 0.15) is 5.56 Å². The van der Waals surface area contributed by atoms with Gasteiger partial charge < -0.3 is 14.7 Å². The van der Waals surface area contributed by atoms with Crippen LogP contribution >= 0.6 is 0 Å². The highest BCUT2D eigenvalue weighted by Crippen LogP contribution is 2.19. The fourth-order valence-electron chi connectivity index (χ4n) is 2.65. The number of ether oxygens (including phenoxy) is 1. The summed E-state index contributed by atoms with van der Waals surface area (Å²) in [4.78, 5) is 13.9. The lowest BCUT2D eigenvalue weighted by molar-refractivity contribution is -0.129. The molecule has 0 amide bonds. The molecular weight excluding hydrogens is 349 g/mol. The molecule has 140 valence electrons. The number of anilines is 1. The van der Waals surface area contributed by atoms with E-state index < -0.39 is 5.97 Å². The molecule has 1 heterocycles. The van der Waals surface area contributed by atoms with E-state index >= 15 is 0 Å². The molecule has 0 unspecified atom stereocenters. The second-order valence-electron chi connectivity index (χ2n) is 5.94. The summed E-state index contributed by atoms with van der Waals surface area (Å²) >= 11 is 0. The number of rotatable bonds is 6. The minimum absolute atomic E-state index is 0.128. The lowest BCUT2D eigenvalue weighted by Crippen LogP contribution is -2.33. The number of morpholine rings is 1. The van der Waals surface area contributed by atoms with Crippen molar-refractivity contribution in [1.29, 1.82) is 0 Å². The lowest BCUT2D eigenvalue weighted by Gasteiger charge is -2.26. The van der Waals surface area contributed by atoms with Crippen LogP contribution in [0.4, 0.5) is 10.1 Å². The summed E-state index contributed by atoms with van der Waals surface area (Å²) in [6.45, 7) is 2.53. The first kappa shape index (κ1) is 18.6. The molecule has 0 bridgehead atoms. The highest BCUT2D eigenvalue weighted by Gasteiger charge is 2.20. The van der Waals surface area contributed by atoms with Gasteiger partial charge in [0.25, 0.3) is 0 Å². The Bertz CT molecular complexity index is 829. The first-order valence-electron chi connectivity index (χ1n) is 8.55. The third-order valence-corrected chi connectivity index (χ3v) is 4.04. The van der Waals surface area contributed by atoms with E-state index in [0.29, 0.717) is 37.6 Å². The van der Waals surface area contributed by atoms with Crippen LogP contribution in [0.25, 0.3) is 5.57 Å². The molecule has 0 atom stereocenters. The van der Waals surface area contributed by atoms with Crippen molar-refractivity contribution in [2.24, 2.45) is 5.10 Å². The molecule has 27 heavy (non-hydrogen) atoms. The zero-order valence-corrected chi connectivity index (χ0v) is 14.6. The fourth-order valence-corrected chi connectivity index (χ4v) is 2.65. The van der Waals surface area contributed by atoms with Gasteiger partial charge in [0, 0.05) is 24.9 Å². The molecule has 0 spiro atoms. The minimum atomic E-state index is -1.16. The van der Waals surface area contributed by atoms with Gasteiger partial charge in [0.2, 0.25) is 0 Å². The van der Waals surface area contributed by atoms with Crippen molar-refractivity contribution in [3.8, 4) is 0 Å². The van der Waals surface area contributed by atoms with Crippen LogP contribution in [0, 0.1) is 5.82 Å². The van der Waals surface area contributed by atoms with Crippen LogP contribution < -0.4 is 5.43 Å². The van der Waals surface area contributed by atoms with E-state index in [1.54, 1.807) is 6.20 Å². The van der Waals surface area contributed by atoms with E-state index in [0.717, 1.165) is 5.56 Å². The molecule has 0 aromatic heterocycles. The Balaban J connectivity index is 1.95. The summed E-state index contributed by atoms with van der Waals surface area (Å²) in [5.74, 6) is -1.53. The molecule has 6 nitrogen and oxygen atoms in total. The SMILES string of the molecule is O=C(O)C(=NNc1ccc(F)cc1)C(=CN1CCOCC1)c1ccccc1. The molecule has 0 radical (unpaired) electrons. The van der Waals surface area contributed by atoms with E-state index in [9.17, 15) is 14.3 Å². The van der Waals surface area contributed by atoms with Crippen molar-refractivity contribution in [3.63, 3.8) is 0 Å². The maximum atomic E-state index is 13.0. The summed E-state index contributed by atoms with van der Waals surface area (Å²) in [6.07, 6.45) is 1.80. The van der Waals surface area contributed by atoms with Gasteiger partial charge in [-0.2, -0.15) is 5.10 Å². The molecule has 1 aliphatic heterocycles. The third-order valence-electron chi connectivity index (χ3n) is 4.04. The molecular formula is C20H20FN3O3. The van der Waals surface area contributed by atoms with Crippen molar-refractivity contribution < 1.29 is 19.0 Å². The van der Waals surface area contributed by atoms with Crippen molar-refractivity contribution in [3.05, 3.63) is 72.2 Å². The Morgan fingerprint density at radius 2 is 1.78 bits per heavy atom. The van der Waals surface area contributed by atoms with Crippen LogP contribution in [-0.2, 0) is 9.53 Å². The first-order chi connectivity index (χ1) is 13.1. The molecule has 3 rings (SSSR count). The third kappa shape index (κ3) is 5.15. The second kappa shape index (κ2) is 8.95. The average molecular weight is 369 g/mol. The van der Waals surface area contributed by atoms with Crippen molar-refractivity contribution in [2.75, 3.05) is 31.7 Å². The number of carbonyl (C=O) groups is 1. The quantitative estimate of drug-likeness (QED) is 0.605. The van der Waals surface area contributed by atoms with Crippen molar-refractivity contribution >= 4 is 22.9 Å². The molecule has 0 aliphatic carbocycles. The van der Waals surface area contributed by atoms with Gasteiger partial charge in [-0.15, -0.1) is 0 Å². The van der Waals surface area contributed by atoms with E-state index in [2.05, 4.69) is 10.5 Å². The molecule has 2 aromatic rings. The zero-order chi connectivity index (χ0) is 19.1. The van der Waals surface area contributed by atoms with E-state index in [4.69, 9.17) is 4.74 Å². The summed E-state index contributed by atoms with van der Waals surface area (Å²) in [5, 5.41) is 13.8. The van der Waals surface area contributed by atoms with Crippen LogP contribution in [0.5, 0.6) is 0 Å². The number of carboxylic acids is 1. The number of benzene rings is 2. The Kier molecular flexibility index (Phi) is 6.17. The number of hydrogen-bond acceptors (Lipinski definition) is 5. The van der Waals surface area contributed by atoms with Gasteiger partial charge in [-0.05, 0) is 29.8 Å². The Morgan fingerprint density at radius 3 is 2.41 bits per heavy atom. The van der Waals surface area contributed by atoms with Gasteiger partial charge in [-0.25, -0.2) is 9.18 Å². The van der Waals surface area contributed by atoms with Gasteiger partial charge in [-0.1, -0.05) is 30.3 Å². The fraction of sp³-hybridized carbons (Fsp3) is 0.200. The Hall–Kier alpha value is -3.19. The topological polar surface area (TPSA) is 74.2 Å². The van der Waals surface area contributed by atoms with E-state index in [-0.39, 0.29) is 11.5 Å². The summed E-state index contributed by atoms with van der Waals surface area (Å²) in [6, 6.07) is 14.8. The Labute approximate surface area is 156 Å². The number of nitrogens with zero attached hydrogens (tertiary/aromatic N) is 2. The summed E-state index contributed by atoms with van der Waals surface area (Å²) in [7, 11) is 0. The highest BCUT2D eigenvalue weighted by atomic mass is 19.1. The van der Waals surface area contributed by atoms with Gasteiger partial charge in [0.1, 0.15) is 5.82 Å². The predicted molar refractivity (Wildman–Crippen MR) is 102 cm³/mol. The summed E-state index contributed by atoms with van der Waals surface area (Å²) < 4.78 is 18.4. The number of hydrazone groups is 1. The van der Waals surface area contributed by atoms with Gasteiger partial charge in [0.15, 0.2) is 5.71 Å². The summed E-state index contributed by atoms with van der Waals surface area (Å²) in [5.41, 5.74) is 4.29. The predicted octanol–water partition coefficient (Wildman–Crippen LogP) is 3.05. The first-order valence-corrected chi connectivity index (χ1v) is 8.55. The van der Waals surface area contributed by atoms with Crippen LogP contribution in [-0.4, -0.2) is 48.0 Å². The zero-order valence-electron chi connectivity index (χ0n) is 14.6. The molecule has 1 fully saturated rings. The van der Waals surface area contributed by atoms with E-state index in [1.165, 1.54) is 24.3 Å².